The molecule has 3 aromatic carbocycles. The van der Waals surface area contributed by atoms with Gasteiger partial charge in [-0.15, -0.1) is 0 Å². The van der Waals surface area contributed by atoms with Gasteiger partial charge < -0.3 is 4.90 Å². The zero-order valence-electron chi connectivity index (χ0n) is 15.1. The van der Waals surface area contributed by atoms with Crippen LogP contribution in [0, 0.1) is 0 Å². The number of benzene rings is 3. The first-order valence-electron chi connectivity index (χ1n) is 9.17. The molecule has 0 atom stereocenters. The van der Waals surface area contributed by atoms with Crippen molar-refractivity contribution in [3.63, 3.8) is 0 Å². The summed E-state index contributed by atoms with van der Waals surface area (Å²) in [5.41, 5.74) is 2.89. The van der Waals surface area contributed by atoms with Gasteiger partial charge in [0, 0.05) is 0 Å². The van der Waals surface area contributed by atoms with Gasteiger partial charge in [-0.1, -0.05) is 54.6 Å². The lowest BCUT2D eigenvalue weighted by Gasteiger charge is -2.22. The van der Waals surface area contributed by atoms with Crippen LogP contribution in [0.5, 0.6) is 0 Å². The van der Waals surface area contributed by atoms with E-state index in [1.165, 1.54) is 0 Å². The topological polar surface area (TPSA) is 55.2 Å². The van der Waals surface area contributed by atoms with Crippen molar-refractivity contribution in [2.75, 3.05) is 4.90 Å². The van der Waals surface area contributed by atoms with Crippen LogP contribution in [0.3, 0.4) is 0 Å². The first kappa shape index (κ1) is 16.4. The van der Waals surface area contributed by atoms with Gasteiger partial charge in [0.1, 0.15) is 5.82 Å². The van der Waals surface area contributed by atoms with Crippen LogP contribution in [0.4, 0.5) is 5.69 Å². The molecule has 0 radical (unpaired) electrons. The molecule has 0 bridgehead atoms. The predicted molar refractivity (Wildman–Crippen MR) is 109 cm³/mol. The van der Waals surface area contributed by atoms with Crippen LogP contribution in [0.15, 0.2) is 83.7 Å². The molecule has 136 valence electrons. The Morgan fingerprint density at radius 1 is 0.786 bits per heavy atom. The van der Waals surface area contributed by atoms with E-state index in [-0.39, 0.29) is 17.9 Å². The number of aromatic nitrogens is 2. The highest BCUT2D eigenvalue weighted by Crippen LogP contribution is 2.30. The summed E-state index contributed by atoms with van der Waals surface area (Å²) in [6, 6.07) is 24.6. The van der Waals surface area contributed by atoms with Gasteiger partial charge in [-0.05, 0) is 29.8 Å². The molecule has 28 heavy (non-hydrogen) atoms. The van der Waals surface area contributed by atoms with Gasteiger partial charge in [0.2, 0.25) is 5.91 Å². The molecule has 2 heterocycles. The molecule has 1 amide bonds. The lowest BCUT2D eigenvalue weighted by molar-refractivity contribution is -0.118. The maximum atomic E-state index is 13.3. The molecule has 0 saturated carbocycles. The van der Waals surface area contributed by atoms with E-state index in [0.29, 0.717) is 34.6 Å². The Hall–Kier alpha value is -3.73. The van der Waals surface area contributed by atoms with E-state index >= 15 is 0 Å². The van der Waals surface area contributed by atoms with Crippen molar-refractivity contribution in [3.05, 3.63) is 101 Å². The Labute approximate surface area is 161 Å². The molecule has 0 fully saturated rings. The molecular weight excluding hydrogens is 350 g/mol. The number of anilines is 1. The van der Waals surface area contributed by atoms with E-state index < -0.39 is 0 Å². The maximum absolute atomic E-state index is 13.3. The monoisotopic (exact) mass is 367 g/mol. The van der Waals surface area contributed by atoms with Crippen LogP contribution in [-0.4, -0.2) is 15.5 Å². The zero-order valence-corrected chi connectivity index (χ0v) is 15.1. The fourth-order valence-corrected chi connectivity index (χ4v) is 3.73. The second-order valence-electron chi connectivity index (χ2n) is 6.82. The van der Waals surface area contributed by atoms with E-state index in [0.717, 1.165) is 5.56 Å². The van der Waals surface area contributed by atoms with Gasteiger partial charge in [0.25, 0.3) is 5.56 Å². The fraction of sp³-hybridized carbons (Fsp3) is 0.0870. The smallest absolute Gasteiger partial charge is 0.266 e. The Morgan fingerprint density at radius 2 is 1.46 bits per heavy atom. The molecular formula is C23H17N3O2. The van der Waals surface area contributed by atoms with Crippen LogP contribution < -0.4 is 10.5 Å². The lowest BCUT2D eigenvalue weighted by Crippen LogP contribution is -2.31. The number of carbonyl (C=O) groups excluding carboxylic acids is 1. The number of hydrogen-bond donors (Lipinski definition) is 0. The highest BCUT2D eigenvalue weighted by Gasteiger charge is 2.28. The molecule has 0 saturated heterocycles. The Morgan fingerprint density at radius 3 is 2.29 bits per heavy atom. The quantitative estimate of drug-likeness (QED) is 0.545. The van der Waals surface area contributed by atoms with E-state index in [1.807, 2.05) is 66.7 Å². The fourth-order valence-electron chi connectivity index (χ4n) is 3.73. The highest BCUT2D eigenvalue weighted by atomic mass is 16.2. The highest BCUT2D eigenvalue weighted by molar-refractivity contribution is 5.98. The minimum Gasteiger partial charge on any atom is -0.306 e. The third-order valence-corrected chi connectivity index (χ3v) is 5.05. The first-order chi connectivity index (χ1) is 13.7. The first-order valence-corrected chi connectivity index (χ1v) is 9.17. The van der Waals surface area contributed by atoms with Crippen LogP contribution in [0.25, 0.3) is 16.6 Å². The second-order valence-corrected chi connectivity index (χ2v) is 6.82. The van der Waals surface area contributed by atoms with Crippen LogP contribution in [0.2, 0.25) is 0 Å². The van der Waals surface area contributed by atoms with Crippen LogP contribution in [-0.2, 0) is 17.8 Å². The van der Waals surface area contributed by atoms with Crippen molar-refractivity contribution in [1.82, 2.24) is 9.55 Å². The van der Waals surface area contributed by atoms with Gasteiger partial charge in [-0.25, -0.2) is 4.98 Å². The van der Waals surface area contributed by atoms with Crippen LogP contribution >= 0.6 is 0 Å². The van der Waals surface area contributed by atoms with Crippen molar-refractivity contribution in [1.29, 1.82) is 0 Å². The van der Waals surface area contributed by atoms with Gasteiger partial charge in [0.05, 0.1) is 35.2 Å². The summed E-state index contributed by atoms with van der Waals surface area (Å²) in [5.74, 6) is 0.390. The Balaban J connectivity index is 1.75. The SMILES string of the molecule is O=C1Cc2nc3ccccc3c(=O)n2-c2ccccc2N1Cc1ccccc1. The molecule has 5 heteroatoms. The summed E-state index contributed by atoms with van der Waals surface area (Å²) in [7, 11) is 0. The molecule has 1 aliphatic heterocycles. The van der Waals surface area contributed by atoms with Crippen molar-refractivity contribution < 1.29 is 4.79 Å². The third-order valence-electron chi connectivity index (χ3n) is 5.05. The summed E-state index contributed by atoms with van der Waals surface area (Å²) < 4.78 is 1.58. The summed E-state index contributed by atoms with van der Waals surface area (Å²) >= 11 is 0. The minimum atomic E-state index is -0.151. The molecule has 0 N–H and O–H groups in total. The average molecular weight is 367 g/mol. The van der Waals surface area contributed by atoms with E-state index in [2.05, 4.69) is 4.98 Å². The molecule has 0 unspecified atom stereocenters. The number of nitrogens with zero attached hydrogens (tertiary/aromatic N) is 3. The Kier molecular flexibility index (Phi) is 3.79. The number of amides is 1. The average Bonchev–Trinajstić information content (AvgIpc) is 2.84. The van der Waals surface area contributed by atoms with E-state index in [1.54, 1.807) is 21.6 Å². The van der Waals surface area contributed by atoms with Crippen molar-refractivity contribution in [2.24, 2.45) is 0 Å². The van der Waals surface area contributed by atoms with Crippen molar-refractivity contribution in [2.45, 2.75) is 13.0 Å². The second kappa shape index (κ2) is 6.46. The normalized spacial score (nSPS) is 13.1. The largest absolute Gasteiger partial charge is 0.306 e. The number of hydrogen-bond acceptors (Lipinski definition) is 3. The minimum absolute atomic E-state index is 0.0710. The predicted octanol–water partition coefficient (Wildman–Crippen LogP) is 3.48. The van der Waals surface area contributed by atoms with Gasteiger partial charge >= 0.3 is 0 Å². The van der Waals surface area contributed by atoms with E-state index in [9.17, 15) is 9.59 Å². The molecule has 4 aromatic rings. The molecule has 5 nitrogen and oxygen atoms in total. The summed E-state index contributed by atoms with van der Waals surface area (Å²) in [6.07, 6.45) is 0.0710. The lowest BCUT2D eigenvalue weighted by atomic mass is 10.1. The van der Waals surface area contributed by atoms with Gasteiger partial charge in [-0.3, -0.25) is 14.2 Å². The van der Waals surface area contributed by atoms with Crippen molar-refractivity contribution in [3.8, 4) is 5.69 Å². The molecule has 5 rings (SSSR count). The zero-order chi connectivity index (χ0) is 19.1. The van der Waals surface area contributed by atoms with Crippen LogP contribution in [0.1, 0.15) is 11.4 Å². The number of rotatable bonds is 2. The molecule has 1 aromatic heterocycles. The third kappa shape index (κ3) is 2.60. The Bertz CT molecular complexity index is 1260. The summed E-state index contributed by atoms with van der Waals surface area (Å²) in [5, 5.41) is 0.546. The van der Waals surface area contributed by atoms with E-state index in [4.69, 9.17) is 0 Å². The molecule has 1 aliphatic rings. The van der Waals surface area contributed by atoms with Crippen molar-refractivity contribution >= 4 is 22.5 Å². The maximum Gasteiger partial charge on any atom is 0.266 e. The number of fused-ring (bicyclic) bond motifs is 4. The number of para-hydroxylation sites is 3. The standard InChI is InChI=1S/C23H17N3O2/c27-22-14-21-24-18-11-5-4-10-17(18)23(28)26(21)20-13-7-6-12-19(20)25(22)15-16-8-2-1-3-9-16/h1-13H,14-15H2. The summed E-state index contributed by atoms with van der Waals surface area (Å²) in [6.45, 7) is 0.443. The molecule has 0 spiro atoms. The van der Waals surface area contributed by atoms with Gasteiger partial charge in [-0.2, -0.15) is 0 Å². The molecule has 0 aliphatic carbocycles. The summed E-state index contributed by atoms with van der Waals surface area (Å²) in [4.78, 5) is 32.8. The number of carbonyl (C=O) groups is 1. The van der Waals surface area contributed by atoms with Gasteiger partial charge in [0.15, 0.2) is 0 Å².